The third-order valence-electron chi connectivity index (χ3n) is 3.42. The van der Waals surface area contributed by atoms with Crippen LogP contribution in [-0.4, -0.2) is 56.2 Å². The molecule has 0 spiro atoms. The van der Waals surface area contributed by atoms with E-state index in [-0.39, 0.29) is 26.3 Å². The Labute approximate surface area is 138 Å². The zero-order chi connectivity index (χ0) is 18.7. The van der Waals surface area contributed by atoms with Crippen LogP contribution in [0.15, 0.2) is 0 Å². The Morgan fingerprint density at radius 3 is 2.24 bits per heavy atom. The van der Waals surface area contributed by atoms with Gasteiger partial charge in [-0.05, 0) is 0 Å². The van der Waals surface area contributed by atoms with Gasteiger partial charge < -0.3 is 19.7 Å². The lowest BCUT2D eigenvalue weighted by atomic mass is 10.2. The summed E-state index contributed by atoms with van der Waals surface area (Å²) in [7, 11) is 1.40. The first-order valence-corrected chi connectivity index (χ1v) is 7.00. The number of hydrogen-bond acceptors (Lipinski definition) is 4. The molecular weight excluding hydrogens is 355 g/mol. The van der Waals surface area contributed by atoms with Gasteiger partial charge in [-0.1, -0.05) is 0 Å². The summed E-state index contributed by atoms with van der Waals surface area (Å²) in [6.07, 6.45) is -0.510. The highest BCUT2D eigenvalue weighted by atomic mass is 19.2. The smallest absolute Gasteiger partial charge is 0.314 e. The number of ether oxygens (including phenoxy) is 2. The fraction of sp³-hybridized carbons (Fsp3) is 0.429. The zero-order valence-corrected chi connectivity index (χ0v) is 12.9. The van der Waals surface area contributed by atoms with Gasteiger partial charge in [-0.3, -0.25) is 9.59 Å². The Bertz CT molecular complexity index is 669. The zero-order valence-electron chi connectivity index (χ0n) is 12.9. The predicted octanol–water partition coefficient (Wildman–Crippen LogP) is 1.19. The molecule has 0 aromatic heterocycles. The second-order valence-electron chi connectivity index (χ2n) is 5.10. The van der Waals surface area contributed by atoms with Crippen molar-refractivity contribution in [2.45, 2.75) is 6.10 Å². The molecule has 11 heteroatoms. The molecule has 0 unspecified atom stereocenters. The van der Waals surface area contributed by atoms with E-state index in [9.17, 15) is 31.5 Å². The van der Waals surface area contributed by atoms with Crippen LogP contribution in [0.3, 0.4) is 0 Å². The third-order valence-corrected chi connectivity index (χ3v) is 3.42. The van der Waals surface area contributed by atoms with Gasteiger partial charge in [0.15, 0.2) is 23.3 Å². The van der Waals surface area contributed by atoms with Crippen LogP contribution in [0.4, 0.5) is 27.6 Å². The topological polar surface area (TPSA) is 67.9 Å². The molecular formula is C14H13F5N2O4. The van der Waals surface area contributed by atoms with E-state index >= 15 is 0 Å². The van der Waals surface area contributed by atoms with Crippen molar-refractivity contribution in [1.82, 2.24) is 4.90 Å². The lowest BCUT2D eigenvalue weighted by molar-refractivity contribution is -0.149. The molecule has 1 saturated heterocycles. The number of morpholine rings is 1. The number of hydrogen-bond donors (Lipinski definition) is 1. The van der Waals surface area contributed by atoms with Crippen molar-refractivity contribution in [3.8, 4) is 0 Å². The molecule has 1 N–H and O–H groups in total. The van der Waals surface area contributed by atoms with Crippen molar-refractivity contribution >= 4 is 17.5 Å². The highest BCUT2D eigenvalue weighted by molar-refractivity contribution is 6.39. The normalized spacial score (nSPS) is 17.5. The molecule has 25 heavy (non-hydrogen) atoms. The Morgan fingerprint density at radius 2 is 1.68 bits per heavy atom. The number of carbonyl (C=O) groups excluding carboxylic acids is 2. The van der Waals surface area contributed by atoms with Crippen molar-refractivity contribution < 1.29 is 41.0 Å². The Hall–Kier alpha value is -2.27. The quantitative estimate of drug-likeness (QED) is 0.377. The maximum absolute atomic E-state index is 13.5. The van der Waals surface area contributed by atoms with Crippen LogP contribution in [0.25, 0.3) is 0 Å². The van der Waals surface area contributed by atoms with E-state index in [0.717, 1.165) is 4.90 Å². The van der Waals surface area contributed by atoms with Gasteiger partial charge in [0.1, 0.15) is 5.69 Å². The molecule has 1 aliphatic rings. The molecule has 2 amide bonds. The molecule has 138 valence electrons. The van der Waals surface area contributed by atoms with Crippen molar-refractivity contribution in [2.24, 2.45) is 0 Å². The molecule has 0 saturated carbocycles. The van der Waals surface area contributed by atoms with E-state index in [4.69, 9.17) is 9.47 Å². The van der Waals surface area contributed by atoms with Crippen molar-refractivity contribution in [3.63, 3.8) is 0 Å². The van der Waals surface area contributed by atoms with E-state index in [1.807, 2.05) is 0 Å². The second kappa shape index (κ2) is 7.74. The third kappa shape index (κ3) is 3.87. The van der Waals surface area contributed by atoms with E-state index in [2.05, 4.69) is 0 Å². The number of halogens is 5. The Balaban J connectivity index is 2.16. The summed E-state index contributed by atoms with van der Waals surface area (Å²) in [6.45, 7) is 0.222. The summed E-state index contributed by atoms with van der Waals surface area (Å²) in [5.74, 6) is -14.0. The maximum Gasteiger partial charge on any atom is 0.314 e. The number of anilines is 1. The Kier molecular flexibility index (Phi) is 5.90. The summed E-state index contributed by atoms with van der Waals surface area (Å²) >= 11 is 0. The number of methoxy groups -OCH3 is 1. The summed E-state index contributed by atoms with van der Waals surface area (Å²) in [5.41, 5.74) is -1.59. The van der Waals surface area contributed by atoms with Gasteiger partial charge >= 0.3 is 11.8 Å². The molecule has 1 aromatic carbocycles. The number of amides is 2. The summed E-state index contributed by atoms with van der Waals surface area (Å²) in [4.78, 5) is 24.9. The van der Waals surface area contributed by atoms with Crippen LogP contribution >= 0.6 is 0 Å². The largest absolute Gasteiger partial charge is 0.382 e. The minimum absolute atomic E-state index is 0.0174. The van der Waals surface area contributed by atoms with Crippen LogP contribution < -0.4 is 5.32 Å². The van der Waals surface area contributed by atoms with Gasteiger partial charge in [0.2, 0.25) is 5.82 Å². The average Bonchev–Trinajstić information content (AvgIpc) is 2.61. The monoisotopic (exact) mass is 368 g/mol. The van der Waals surface area contributed by atoms with Gasteiger partial charge in [-0.15, -0.1) is 0 Å². The van der Waals surface area contributed by atoms with Crippen molar-refractivity contribution in [1.29, 1.82) is 0 Å². The molecule has 0 aliphatic carbocycles. The van der Waals surface area contributed by atoms with Crippen LogP contribution in [-0.2, 0) is 19.1 Å². The van der Waals surface area contributed by atoms with Crippen LogP contribution in [0, 0.1) is 29.1 Å². The number of carbonyl (C=O) groups is 2. The van der Waals surface area contributed by atoms with E-state index in [0.29, 0.717) is 0 Å². The molecule has 1 aliphatic heterocycles. The SMILES string of the molecule is COC[C@H]1CN(C(=O)C(=O)Nc2c(F)c(F)c(F)c(F)c2F)CCO1. The first kappa shape index (κ1) is 19.1. The lowest BCUT2D eigenvalue weighted by Gasteiger charge is -2.32. The number of nitrogens with one attached hydrogen (secondary N) is 1. The molecule has 0 radical (unpaired) electrons. The summed E-state index contributed by atoms with van der Waals surface area (Å²) in [6, 6.07) is 0. The lowest BCUT2D eigenvalue weighted by Crippen LogP contribution is -2.50. The van der Waals surface area contributed by atoms with E-state index < -0.39 is 52.7 Å². The minimum atomic E-state index is -2.37. The average molecular weight is 368 g/mol. The molecule has 1 aromatic rings. The molecule has 1 heterocycles. The second-order valence-corrected chi connectivity index (χ2v) is 5.10. The summed E-state index contributed by atoms with van der Waals surface area (Å²) in [5, 5.41) is 1.43. The first-order valence-electron chi connectivity index (χ1n) is 7.00. The van der Waals surface area contributed by atoms with Crippen LogP contribution in [0.5, 0.6) is 0 Å². The van der Waals surface area contributed by atoms with Gasteiger partial charge in [-0.25, -0.2) is 22.0 Å². The van der Waals surface area contributed by atoms with Crippen LogP contribution in [0.2, 0.25) is 0 Å². The fourth-order valence-corrected chi connectivity index (χ4v) is 2.22. The van der Waals surface area contributed by atoms with Crippen molar-refractivity contribution in [3.05, 3.63) is 29.1 Å². The van der Waals surface area contributed by atoms with Gasteiger partial charge in [0.05, 0.1) is 19.3 Å². The van der Waals surface area contributed by atoms with Gasteiger partial charge in [0.25, 0.3) is 0 Å². The summed E-state index contributed by atoms with van der Waals surface area (Å²) < 4.78 is 76.4. The van der Waals surface area contributed by atoms with Gasteiger partial charge in [-0.2, -0.15) is 0 Å². The standard InChI is InChI=1S/C14H13F5N2O4/c1-24-5-6-4-21(2-3-25-6)14(23)13(22)20-12-10(18)8(16)7(15)9(17)11(12)19/h6H,2-5H2,1H3,(H,20,22)/t6-/m1/s1. The highest BCUT2D eigenvalue weighted by Gasteiger charge is 2.32. The maximum atomic E-state index is 13.5. The molecule has 0 bridgehead atoms. The predicted molar refractivity (Wildman–Crippen MR) is 73.1 cm³/mol. The Morgan fingerprint density at radius 1 is 1.12 bits per heavy atom. The first-order chi connectivity index (χ1) is 11.8. The number of nitrogens with zero attached hydrogens (tertiary/aromatic N) is 1. The van der Waals surface area contributed by atoms with Crippen molar-refractivity contribution in [2.75, 3.05) is 38.7 Å². The fourth-order valence-electron chi connectivity index (χ4n) is 2.22. The minimum Gasteiger partial charge on any atom is -0.382 e. The van der Waals surface area contributed by atoms with Gasteiger partial charge in [0, 0.05) is 20.2 Å². The molecule has 2 rings (SSSR count). The molecule has 1 atom stereocenters. The molecule has 6 nitrogen and oxygen atoms in total. The number of benzene rings is 1. The van der Waals surface area contributed by atoms with E-state index in [1.54, 1.807) is 0 Å². The number of rotatable bonds is 3. The van der Waals surface area contributed by atoms with E-state index in [1.165, 1.54) is 12.4 Å². The molecule has 1 fully saturated rings. The highest BCUT2D eigenvalue weighted by Crippen LogP contribution is 2.27. The van der Waals surface area contributed by atoms with Crippen LogP contribution in [0.1, 0.15) is 0 Å².